The van der Waals surface area contributed by atoms with Gasteiger partial charge in [-0.1, -0.05) is 332 Å². The highest BCUT2D eigenvalue weighted by atomic mass is 16.6. The number of esters is 3. The van der Waals surface area contributed by atoms with E-state index in [9.17, 15) is 14.4 Å². The van der Waals surface area contributed by atoms with Gasteiger partial charge in [0.05, 0.1) is 0 Å². The fourth-order valence-electron chi connectivity index (χ4n) is 10.0. The molecule has 6 nitrogen and oxygen atoms in total. The highest BCUT2D eigenvalue weighted by Crippen LogP contribution is 2.18. The maximum atomic E-state index is 12.8. The van der Waals surface area contributed by atoms with E-state index in [2.05, 4.69) is 81.5 Å². The van der Waals surface area contributed by atoms with E-state index in [0.29, 0.717) is 19.3 Å². The molecule has 0 aliphatic carbocycles. The van der Waals surface area contributed by atoms with E-state index in [-0.39, 0.29) is 31.1 Å². The number of allylic oxidation sites excluding steroid dienone is 10. The van der Waals surface area contributed by atoms with E-state index in [1.807, 2.05) is 0 Å². The van der Waals surface area contributed by atoms with Gasteiger partial charge in [-0.15, -0.1) is 0 Å². The molecule has 1 unspecified atom stereocenters. The molecule has 0 radical (unpaired) electrons. The summed E-state index contributed by atoms with van der Waals surface area (Å²) < 4.78 is 16.8. The van der Waals surface area contributed by atoms with Gasteiger partial charge in [-0.2, -0.15) is 0 Å². The van der Waals surface area contributed by atoms with Gasteiger partial charge in [0, 0.05) is 19.3 Å². The van der Waals surface area contributed by atoms with Crippen molar-refractivity contribution in [2.24, 2.45) is 0 Å². The molecular weight excluding hydrogens is 949 g/mol. The smallest absolute Gasteiger partial charge is 0.306 e. The van der Waals surface area contributed by atoms with Gasteiger partial charge in [-0.3, -0.25) is 14.4 Å². The molecule has 77 heavy (non-hydrogen) atoms. The Morgan fingerprint density at radius 1 is 0.273 bits per heavy atom. The zero-order chi connectivity index (χ0) is 55.7. The summed E-state index contributed by atoms with van der Waals surface area (Å²) in [5.74, 6) is -0.913. The van der Waals surface area contributed by atoms with Crippen LogP contribution < -0.4 is 0 Å². The van der Waals surface area contributed by atoms with Gasteiger partial charge < -0.3 is 14.2 Å². The summed E-state index contributed by atoms with van der Waals surface area (Å²) >= 11 is 0. The topological polar surface area (TPSA) is 78.9 Å². The van der Waals surface area contributed by atoms with Gasteiger partial charge in [0.25, 0.3) is 0 Å². The molecule has 0 saturated carbocycles. The van der Waals surface area contributed by atoms with Crippen molar-refractivity contribution in [3.8, 4) is 0 Å². The maximum absolute atomic E-state index is 12.8. The molecule has 448 valence electrons. The number of unbranched alkanes of at least 4 members (excludes halogenated alkanes) is 41. The molecule has 6 heteroatoms. The number of hydrogen-bond donors (Lipinski definition) is 0. The Morgan fingerprint density at radius 3 is 0.792 bits per heavy atom. The average molecular weight is 1080 g/mol. The number of hydrogen-bond acceptors (Lipinski definition) is 6. The van der Waals surface area contributed by atoms with Crippen LogP contribution >= 0.6 is 0 Å². The first-order chi connectivity index (χ1) is 38.0. The van der Waals surface area contributed by atoms with Gasteiger partial charge in [-0.25, -0.2) is 0 Å². The summed E-state index contributed by atoms with van der Waals surface area (Å²) in [5.41, 5.74) is 0. The van der Waals surface area contributed by atoms with Crippen LogP contribution in [0.1, 0.15) is 355 Å². The SMILES string of the molecule is CC/C=C\C/C=C\C/C=C\C/C=C\C/C=C\CCCCCC(=O)OC(COC(=O)CCCCCCCC)COC(=O)CCCCCCCCCCCCCCCCCCCCCCCCCCCCCCCCCCCC. The van der Waals surface area contributed by atoms with Gasteiger partial charge in [0.15, 0.2) is 6.10 Å². The Kier molecular flexibility index (Phi) is 63.2. The van der Waals surface area contributed by atoms with Crippen molar-refractivity contribution in [2.75, 3.05) is 13.2 Å². The van der Waals surface area contributed by atoms with Crippen molar-refractivity contribution in [3.05, 3.63) is 60.8 Å². The number of carbonyl (C=O) groups is 3. The summed E-state index contributed by atoms with van der Waals surface area (Å²) in [5, 5.41) is 0. The number of rotatable bonds is 62. The quantitative estimate of drug-likeness (QED) is 0.0261. The van der Waals surface area contributed by atoms with E-state index in [4.69, 9.17) is 14.2 Å². The molecule has 0 spiro atoms. The Hall–Kier alpha value is -2.89. The van der Waals surface area contributed by atoms with Crippen LogP contribution in [-0.2, 0) is 28.6 Å². The lowest BCUT2D eigenvalue weighted by Gasteiger charge is -2.18. The monoisotopic (exact) mass is 1080 g/mol. The second-order valence-electron chi connectivity index (χ2n) is 22.7. The molecule has 0 amide bonds. The molecule has 0 aromatic carbocycles. The van der Waals surface area contributed by atoms with Gasteiger partial charge in [0.2, 0.25) is 0 Å². The predicted molar refractivity (Wildman–Crippen MR) is 335 cm³/mol. The predicted octanol–water partition coefficient (Wildman–Crippen LogP) is 23.1. The molecule has 0 aromatic rings. The normalized spacial score (nSPS) is 12.4. The van der Waals surface area contributed by atoms with E-state index < -0.39 is 6.10 Å². The molecule has 0 heterocycles. The molecule has 0 aliphatic heterocycles. The van der Waals surface area contributed by atoms with Gasteiger partial charge in [-0.05, 0) is 64.2 Å². The standard InChI is InChI=1S/C71H128O6/c1-4-7-10-13-16-18-20-22-24-26-28-29-30-31-32-33-34-35-36-37-38-39-40-41-42-44-45-47-49-51-53-55-58-61-64-70(73)76-67-68(66-75-69(72)63-60-57-15-12-9-6-3)77-71(74)65-62-59-56-54-52-50-48-46-43-27-25-23-21-19-17-14-11-8-5-2/h8,11,17,19,23,25,43,46,50,52,68H,4-7,9-10,12-16,18,20-22,24,26-42,44-45,47-49,51,53-67H2,1-3H3/b11-8-,19-17-,25-23-,46-43-,52-50-. The fourth-order valence-corrected chi connectivity index (χ4v) is 10.0. The third-order valence-corrected chi connectivity index (χ3v) is 15.0. The Labute approximate surface area is 479 Å². The van der Waals surface area contributed by atoms with Crippen molar-refractivity contribution in [3.63, 3.8) is 0 Å². The van der Waals surface area contributed by atoms with Gasteiger partial charge in [0.1, 0.15) is 13.2 Å². The molecule has 0 aliphatic rings. The molecule has 1 atom stereocenters. The fraction of sp³-hybridized carbons (Fsp3) is 0.817. The van der Waals surface area contributed by atoms with Crippen LogP contribution in [0.2, 0.25) is 0 Å². The molecule has 0 N–H and O–H groups in total. The lowest BCUT2D eigenvalue weighted by Crippen LogP contribution is -2.30. The molecule has 0 aromatic heterocycles. The van der Waals surface area contributed by atoms with Crippen molar-refractivity contribution >= 4 is 17.9 Å². The van der Waals surface area contributed by atoms with E-state index >= 15 is 0 Å². The number of carbonyl (C=O) groups excluding carboxylic acids is 3. The lowest BCUT2D eigenvalue weighted by molar-refractivity contribution is -0.167. The minimum Gasteiger partial charge on any atom is -0.462 e. The largest absolute Gasteiger partial charge is 0.462 e. The first-order valence-electron chi connectivity index (χ1n) is 33.8. The van der Waals surface area contributed by atoms with Crippen molar-refractivity contribution in [1.82, 2.24) is 0 Å². The summed E-state index contributed by atoms with van der Waals surface area (Å²) in [6.07, 6.45) is 84.5. The minimum absolute atomic E-state index is 0.0847. The van der Waals surface area contributed by atoms with Crippen molar-refractivity contribution < 1.29 is 28.6 Å². The third kappa shape index (κ3) is 63.8. The van der Waals surface area contributed by atoms with Crippen LogP contribution in [0.15, 0.2) is 60.8 Å². The first-order valence-corrected chi connectivity index (χ1v) is 33.8. The second kappa shape index (κ2) is 65.6. The van der Waals surface area contributed by atoms with Crippen molar-refractivity contribution in [1.29, 1.82) is 0 Å². The van der Waals surface area contributed by atoms with Crippen LogP contribution in [0.25, 0.3) is 0 Å². The first kappa shape index (κ1) is 74.1. The van der Waals surface area contributed by atoms with Crippen LogP contribution in [0.5, 0.6) is 0 Å². The summed E-state index contributed by atoms with van der Waals surface area (Å²) in [6, 6.07) is 0. The highest BCUT2D eigenvalue weighted by molar-refractivity contribution is 5.71. The van der Waals surface area contributed by atoms with Crippen LogP contribution in [0, 0.1) is 0 Å². The summed E-state index contributed by atoms with van der Waals surface area (Å²) in [4.78, 5) is 38.0. The van der Waals surface area contributed by atoms with Crippen LogP contribution in [0.4, 0.5) is 0 Å². The maximum Gasteiger partial charge on any atom is 0.306 e. The van der Waals surface area contributed by atoms with Crippen LogP contribution in [0.3, 0.4) is 0 Å². The van der Waals surface area contributed by atoms with E-state index in [1.165, 1.54) is 218 Å². The summed E-state index contributed by atoms with van der Waals surface area (Å²) in [6.45, 7) is 6.48. The Morgan fingerprint density at radius 2 is 0.506 bits per heavy atom. The van der Waals surface area contributed by atoms with E-state index in [1.54, 1.807) is 0 Å². The average Bonchev–Trinajstić information content (AvgIpc) is 3.43. The minimum atomic E-state index is -0.788. The Bertz CT molecular complexity index is 1380. The van der Waals surface area contributed by atoms with Crippen molar-refractivity contribution in [2.45, 2.75) is 361 Å². The second-order valence-corrected chi connectivity index (χ2v) is 22.7. The molecule has 0 saturated heterocycles. The Balaban J connectivity index is 3.95. The molecule has 0 bridgehead atoms. The van der Waals surface area contributed by atoms with E-state index in [0.717, 1.165) is 96.3 Å². The highest BCUT2D eigenvalue weighted by Gasteiger charge is 2.19. The zero-order valence-electron chi connectivity index (χ0n) is 51.5. The third-order valence-electron chi connectivity index (χ3n) is 15.0. The summed E-state index contributed by atoms with van der Waals surface area (Å²) in [7, 11) is 0. The molecule has 0 fully saturated rings. The molecular formula is C71H128O6. The number of ether oxygens (including phenoxy) is 3. The van der Waals surface area contributed by atoms with Crippen LogP contribution in [-0.4, -0.2) is 37.2 Å². The lowest BCUT2D eigenvalue weighted by atomic mass is 10.0. The van der Waals surface area contributed by atoms with Gasteiger partial charge >= 0.3 is 17.9 Å². The molecule has 0 rings (SSSR count). The zero-order valence-corrected chi connectivity index (χ0v) is 51.5.